The fraction of sp³-hybridized carbons (Fsp3) is 0.263. The number of nitrogen functional groups attached to an aromatic ring is 1. The molecule has 5 nitrogen and oxygen atoms in total. The van der Waals surface area contributed by atoms with Crippen LogP contribution >= 0.6 is 0 Å². The van der Waals surface area contributed by atoms with Crippen molar-refractivity contribution < 1.29 is 9.59 Å². The van der Waals surface area contributed by atoms with Crippen LogP contribution < -0.4 is 16.0 Å². The Labute approximate surface area is 141 Å². The lowest BCUT2D eigenvalue weighted by Gasteiger charge is -2.19. The summed E-state index contributed by atoms with van der Waals surface area (Å²) in [6, 6.07) is 12.6. The molecule has 3 rings (SSSR count). The number of carbonyl (C=O) groups is 2. The number of carbonyl (C=O) groups excluding carboxylic acids is 2. The number of benzene rings is 2. The van der Waals surface area contributed by atoms with Gasteiger partial charge in [0.1, 0.15) is 0 Å². The van der Waals surface area contributed by atoms with Gasteiger partial charge in [0, 0.05) is 30.1 Å². The zero-order chi connectivity index (χ0) is 17.5. The van der Waals surface area contributed by atoms with Crippen LogP contribution in [0.3, 0.4) is 0 Å². The van der Waals surface area contributed by atoms with Crippen molar-refractivity contribution in [1.82, 2.24) is 0 Å². The number of hydrogen-bond acceptors (Lipinski definition) is 3. The van der Waals surface area contributed by atoms with Gasteiger partial charge in [-0.3, -0.25) is 9.59 Å². The van der Waals surface area contributed by atoms with Crippen LogP contribution in [-0.4, -0.2) is 18.4 Å². The summed E-state index contributed by atoms with van der Waals surface area (Å²) in [5.41, 5.74) is 9.34. The van der Waals surface area contributed by atoms with Crippen LogP contribution in [0, 0.1) is 0 Å². The minimum atomic E-state index is -0.207. The number of fused-ring (bicyclic) bond motifs is 1. The normalized spacial score (nSPS) is 15.0. The Bertz CT molecular complexity index is 813. The van der Waals surface area contributed by atoms with Gasteiger partial charge < -0.3 is 16.0 Å². The van der Waals surface area contributed by atoms with Gasteiger partial charge in [-0.25, -0.2) is 0 Å². The second-order valence-electron chi connectivity index (χ2n) is 6.77. The molecule has 124 valence electrons. The quantitative estimate of drug-likeness (QED) is 0.834. The Balaban J connectivity index is 1.97. The number of hydrogen-bond donors (Lipinski definition) is 2. The highest BCUT2D eigenvalue weighted by molar-refractivity contribution is 6.06. The first-order valence-electron chi connectivity index (χ1n) is 7.88. The van der Waals surface area contributed by atoms with Crippen molar-refractivity contribution in [1.29, 1.82) is 0 Å². The highest BCUT2D eigenvalue weighted by atomic mass is 16.2. The molecule has 0 saturated heterocycles. The van der Waals surface area contributed by atoms with Gasteiger partial charge in [0.2, 0.25) is 5.91 Å². The maximum atomic E-state index is 12.4. The van der Waals surface area contributed by atoms with Crippen molar-refractivity contribution in [3.63, 3.8) is 0 Å². The molecule has 0 aliphatic carbocycles. The van der Waals surface area contributed by atoms with E-state index in [9.17, 15) is 9.59 Å². The molecular weight excluding hydrogens is 302 g/mol. The number of rotatable bonds is 2. The Morgan fingerprint density at radius 1 is 1.17 bits per heavy atom. The van der Waals surface area contributed by atoms with Crippen molar-refractivity contribution in [2.75, 3.05) is 22.5 Å². The second kappa shape index (κ2) is 5.67. The summed E-state index contributed by atoms with van der Waals surface area (Å²) in [5.74, 6) is -0.219. The van der Waals surface area contributed by atoms with Crippen LogP contribution in [0.4, 0.5) is 17.1 Å². The maximum Gasteiger partial charge on any atom is 0.255 e. The van der Waals surface area contributed by atoms with Gasteiger partial charge in [-0.2, -0.15) is 0 Å². The molecule has 0 saturated carbocycles. The van der Waals surface area contributed by atoms with Crippen LogP contribution in [0.5, 0.6) is 0 Å². The number of nitrogens with one attached hydrogen (secondary N) is 1. The van der Waals surface area contributed by atoms with Crippen LogP contribution in [0.15, 0.2) is 42.5 Å². The molecule has 2 aromatic rings. The molecular formula is C19H21N3O2. The number of nitrogens with two attached hydrogens (primary N) is 1. The summed E-state index contributed by atoms with van der Waals surface area (Å²) in [4.78, 5) is 26.0. The first-order chi connectivity index (χ1) is 11.3. The summed E-state index contributed by atoms with van der Waals surface area (Å²) < 4.78 is 0. The molecule has 0 radical (unpaired) electrons. The van der Waals surface area contributed by atoms with E-state index in [-0.39, 0.29) is 17.2 Å². The van der Waals surface area contributed by atoms with E-state index in [2.05, 4.69) is 19.2 Å². The minimum absolute atomic E-state index is 0.0118. The molecule has 5 heteroatoms. The molecule has 0 spiro atoms. The van der Waals surface area contributed by atoms with E-state index in [1.165, 1.54) is 0 Å². The zero-order valence-electron chi connectivity index (χ0n) is 14.1. The smallest absolute Gasteiger partial charge is 0.255 e. The highest BCUT2D eigenvalue weighted by Crippen LogP contribution is 2.44. The molecule has 0 bridgehead atoms. The van der Waals surface area contributed by atoms with E-state index in [0.717, 1.165) is 11.3 Å². The lowest BCUT2D eigenvalue weighted by Crippen LogP contribution is -2.31. The molecule has 2 amide bonds. The maximum absolute atomic E-state index is 12.4. The van der Waals surface area contributed by atoms with E-state index < -0.39 is 0 Å². The molecule has 0 unspecified atom stereocenters. The topological polar surface area (TPSA) is 75.4 Å². The van der Waals surface area contributed by atoms with Gasteiger partial charge in [0.25, 0.3) is 5.91 Å². The Hall–Kier alpha value is -2.82. The summed E-state index contributed by atoms with van der Waals surface area (Å²) in [7, 11) is 0. The van der Waals surface area contributed by atoms with Crippen molar-refractivity contribution >= 4 is 28.9 Å². The standard InChI is InChI=1S/C19H21N3O2/c1-12(23)22-11-19(2,3)14-9-16(15(20)10-17(14)22)21-18(24)13-7-5-4-6-8-13/h4-10H,11,20H2,1-3H3,(H,21,24). The minimum Gasteiger partial charge on any atom is -0.397 e. The Kier molecular flexibility index (Phi) is 3.79. The number of anilines is 3. The summed E-state index contributed by atoms with van der Waals surface area (Å²) in [6.45, 7) is 6.31. The number of amides is 2. The van der Waals surface area contributed by atoms with E-state index in [4.69, 9.17) is 5.73 Å². The fourth-order valence-electron chi connectivity index (χ4n) is 3.11. The zero-order valence-corrected chi connectivity index (χ0v) is 14.1. The lowest BCUT2D eigenvalue weighted by molar-refractivity contribution is -0.116. The molecule has 3 N–H and O–H groups in total. The number of nitrogens with zero attached hydrogens (tertiary/aromatic N) is 1. The highest BCUT2D eigenvalue weighted by Gasteiger charge is 2.37. The van der Waals surface area contributed by atoms with Crippen molar-refractivity contribution in [3.05, 3.63) is 53.6 Å². The predicted octanol–water partition coefficient (Wildman–Crippen LogP) is 3.17. The van der Waals surface area contributed by atoms with Crippen LogP contribution in [0.1, 0.15) is 36.7 Å². The molecule has 1 aliphatic rings. The lowest BCUT2D eigenvalue weighted by atomic mass is 9.86. The van der Waals surface area contributed by atoms with E-state index in [1.54, 1.807) is 30.0 Å². The van der Waals surface area contributed by atoms with Gasteiger partial charge in [-0.05, 0) is 29.8 Å². The predicted molar refractivity (Wildman–Crippen MR) is 96.3 cm³/mol. The van der Waals surface area contributed by atoms with Crippen molar-refractivity contribution in [3.8, 4) is 0 Å². The van der Waals surface area contributed by atoms with Gasteiger partial charge in [-0.15, -0.1) is 0 Å². The van der Waals surface area contributed by atoms with E-state index in [1.807, 2.05) is 24.3 Å². The Morgan fingerprint density at radius 3 is 2.46 bits per heavy atom. The first kappa shape index (κ1) is 16.1. The van der Waals surface area contributed by atoms with Crippen LogP contribution in [0.25, 0.3) is 0 Å². The molecule has 24 heavy (non-hydrogen) atoms. The van der Waals surface area contributed by atoms with E-state index in [0.29, 0.717) is 23.5 Å². The third-order valence-corrected chi connectivity index (χ3v) is 4.41. The summed E-state index contributed by atoms with van der Waals surface area (Å²) in [5, 5.41) is 2.87. The van der Waals surface area contributed by atoms with Crippen LogP contribution in [-0.2, 0) is 10.2 Å². The summed E-state index contributed by atoms with van der Waals surface area (Å²) >= 11 is 0. The molecule has 0 fully saturated rings. The molecule has 1 aliphatic heterocycles. The average molecular weight is 323 g/mol. The van der Waals surface area contributed by atoms with E-state index >= 15 is 0 Å². The average Bonchev–Trinajstić information content (AvgIpc) is 2.80. The van der Waals surface area contributed by atoms with Gasteiger partial charge in [0.15, 0.2) is 0 Å². The third kappa shape index (κ3) is 2.73. The van der Waals surface area contributed by atoms with Crippen LogP contribution in [0.2, 0.25) is 0 Å². The summed E-state index contributed by atoms with van der Waals surface area (Å²) in [6.07, 6.45) is 0. The molecule has 0 atom stereocenters. The molecule has 0 aromatic heterocycles. The molecule has 2 aromatic carbocycles. The largest absolute Gasteiger partial charge is 0.397 e. The Morgan fingerprint density at radius 2 is 1.83 bits per heavy atom. The van der Waals surface area contributed by atoms with Crippen molar-refractivity contribution in [2.24, 2.45) is 0 Å². The van der Waals surface area contributed by atoms with Crippen molar-refractivity contribution in [2.45, 2.75) is 26.2 Å². The monoisotopic (exact) mass is 323 g/mol. The molecule has 1 heterocycles. The van der Waals surface area contributed by atoms with Gasteiger partial charge >= 0.3 is 0 Å². The third-order valence-electron chi connectivity index (χ3n) is 4.41. The van der Waals surface area contributed by atoms with Gasteiger partial charge in [-0.1, -0.05) is 32.0 Å². The van der Waals surface area contributed by atoms with Gasteiger partial charge in [0.05, 0.1) is 11.4 Å². The SMILES string of the molecule is CC(=O)N1CC(C)(C)c2cc(NC(=O)c3ccccc3)c(N)cc21. The fourth-order valence-corrected chi connectivity index (χ4v) is 3.11. The second-order valence-corrected chi connectivity index (χ2v) is 6.77. The first-order valence-corrected chi connectivity index (χ1v) is 7.88.